The van der Waals surface area contributed by atoms with Crippen molar-refractivity contribution in [2.24, 2.45) is 5.73 Å². The lowest BCUT2D eigenvalue weighted by Gasteiger charge is -2.38. The van der Waals surface area contributed by atoms with Crippen LogP contribution >= 0.6 is 11.6 Å². The van der Waals surface area contributed by atoms with Crippen molar-refractivity contribution in [3.05, 3.63) is 46.1 Å². The van der Waals surface area contributed by atoms with E-state index in [-0.39, 0.29) is 17.9 Å². The molecule has 34 heavy (non-hydrogen) atoms. The van der Waals surface area contributed by atoms with E-state index in [0.29, 0.717) is 45.4 Å². The van der Waals surface area contributed by atoms with Crippen molar-refractivity contribution in [1.29, 1.82) is 0 Å². The molecular formula is C23H23ClN8O2. The first-order valence-electron chi connectivity index (χ1n) is 11.3. The molecular weight excluding hydrogens is 456 g/mol. The van der Waals surface area contributed by atoms with Crippen LogP contribution in [0, 0.1) is 0 Å². The predicted molar refractivity (Wildman–Crippen MR) is 128 cm³/mol. The Morgan fingerprint density at radius 1 is 1.24 bits per heavy atom. The van der Waals surface area contributed by atoms with Crippen molar-refractivity contribution in [2.45, 2.75) is 50.1 Å². The maximum atomic E-state index is 12.0. The minimum absolute atomic E-state index is 0.0319. The average molecular weight is 479 g/mol. The number of anilines is 3. The van der Waals surface area contributed by atoms with Gasteiger partial charge >= 0.3 is 0 Å². The van der Waals surface area contributed by atoms with Gasteiger partial charge in [-0.2, -0.15) is 19.6 Å². The summed E-state index contributed by atoms with van der Waals surface area (Å²) in [5, 5.41) is 13.8. The Morgan fingerprint density at radius 2 is 2.06 bits per heavy atom. The molecule has 2 amide bonds. The fourth-order valence-electron chi connectivity index (χ4n) is 4.26. The smallest absolute Gasteiger partial charge is 0.254 e. The molecule has 0 spiro atoms. The van der Waals surface area contributed by atoms with Crippen LogP contribution in [-0.2, 0) is 15.1 Å². The van der Waals surface area contributed by atoms with Gasteiger partial charge in [-0.1, -0.05) is 17.7 Å². The van der Waals surface area contributed by atoms with Gasteiger partial charge in [0.2, 0.25) is 17.8 Å². The second-order valence-corrected chi connectivity index (χ2v) is 9.58. The molecule has 174 valence electrons. The van der Waals surface area contributed by atoms with Crippen molar-refractivity contribution >= 4 is 52.7 Å². The standard InChI is InChI=1S/C23H23ClN8O2/c24-16-10-14(23(25)6-1-7-23)2-5-17(16)28-21-30-19-13(8-12-9-18(33)29-20(12)34)11-26-32(19)22(31-21)27-15-3-4-15/h2,5,8,10-11,15H,1,3-4,6-7,9,25H2,(H,29,33,34)(H2,27,28,30,31)/b12-8+. The van der Waals surface area contributed by atoms with Crippen LogP contribution in [0.5, 0.6) is 0 Å². The first-order valence-corrected chi connectivity index (χ1v) is 11.7. The summed E-state index contributed by atoms with van der Waals surface area (Å²) in [5.74, 6) is 0.155. The van der Waals surface area contributed by atoms with Crippen LogP contribution in [-0.4, -0.2) is 37.4 Å². The number of hydrogen-bond acceptors (Lipinski definition) is 8. The highest BCUT2D eigenvalue weighted by Crippen LogP contribution is 2.40. The Morgan fingerprint density at radius 3 is 2.71 bits per heavy atom. The van der Waals surface area contributed by atoms with Gasteiger partial charge in [0.25, 0.3) is 5.91 Å². The van der Waals surface area contributed by atoms with E-state index < -0.39 is 5.91 Å². The Labute approximate surface area is 200 Å². The Bertz CT molecular complexity index is 1370. The van der Waals surface area contributed by atoms with Crippen LogP contribution in [0.25, 0.3) is 11.7 Å². The number of nitrogens with zero attached hydrogens (tertiary/aromatic N) is 4. The molecule has 2 aliphatic carbocycles. The number of aromatic nitrogens is 4. The van der Waals surface area contributed by atoms with Gasteiger partial charge in [-0.3, -0.25) is 14.9 Å². The summed E-state index contributed by atoms with van der Waals surface area (Å²) >= 11 is 6.58. The van der Waals surface area contributed by atoms with Gasteiger partial charge in [0.15, 0.2) is 5.65 Å². The summed E-state index contributed by atoms with van der Waals surface area (Å²) in [5.41, 5.74) is 9.32. The molecule has 1 aliphatic heterocycles. The maximum absolute atomic E-state index is 12.0. The van der Waals surface area contributed by atoms with Crippen LogP contribution in [0.4, 0.5) is 17.6 Å². The van der Waals surface area contributed by atoms with E-state index in [1.165, 1.54) is 0 Å². The third kappa shape index (κ3) is 3.78. The number of carbonyl (C=O) groups excluding carboxylic acids is 2. The molecule has 2 aromatic heterocycles. The van der Waals surface area contributed by atoms with Crippen LogP contribution < -0.4 is 21.7 Å². The van der Waals surface area contributed by atoms with Crippen LogP contribution in [0.3, 0.4) is 0 Å². The highest BCUT2D eigenvalue weighted by Gasteiger charge is 2.34. The van der Waals surface area contributed by atoms with Crippen LogP contribution in [0.15, 0.2) is 30.0 Å². The molecule has 2 saturated carbocycles. The molecule has 0 atom stereocenters. The number of fused-ring (bicyclic) bond motifs is 1. The molecule has 0 unspecified atom stereocenters. The summed E-state index contributed by atoms with van der Waals surface area (Å²) in [6.45, 7) is 0. The molecule has 11 heteroatoms. The third-order valence-corrected chi connectivity index (χ3v) is 6.88. The van der Waals surface area contributed by atoms with E-state index in [1.807, 2.05) is 18.2 Å². The summed E-state index contributed by atoms with van der Waals surface area (Å²) in [6.07, 6.45) is 8.43. The van der Waals surface area contributed by atoms with E-state index in [1.54, 1.807) is 16.8 Å². The summed E-state index contributed by atoms with van der Waals surface area (Å²) in [7, 11) is 0. The number of nitrogens with two attached hydrogens (primary N) is 1. The highest BCUT2D eigenvalue weighted by molar-refractivity contribution is 6.33. The largest absolute Gasteiger partial charge is 0.351 e. The quantitative estimate of drug-likeness (QED) is 0.313. The lowest BCUT2D eigenvalue weighted by Crippen LogP contribution is -2.43. The Balaban J connectivity index is 1.37. The molecule has 5 N–H and O–H groups in total. The first kappa shape index (κ1) is 21.1. The lowest BCUT2D eigenvalue weighted by atomic mass is 9.73. The van der Waals surface area contributed by atoms with Crippen molar-refractivity contribution in [1.82, 2.24) is 24.9 Å². The van der Waals surface area contributed by atoms with Gasteiger partial charge < -0.3 is 16.4 Å². The topological polar surface area (TPSA) is 139 Å². The lowest BCUT2D eigenvalue weighted by molar-refractivity contribution is -0.124. The predicted octanol–water partition coefficient (Wildman–Crippen LogP) is 2.86. The number of imide groups is 1. The van der Waals surface area contributed by atoms with Gasteiger partial charge in [0, 0.05) is 22.7 Å². The molecule has 0 bridgehead atoms. The molecule has 3 aromatic rings. The number of nitrogens with one attached hydrogen (secondary N) is 3. The number of benzene rings is 1. The molecule has 1 saturated heterocycles. The minimum Gasteiger partial charge on any atom is -0.351 e. The van der Waals surface area contributed by atoms with Crippen LogP contribution in [0.1, 0.15) is 49.7 Å². The third-order valence-electron chi connectivity index (χ3n) is 6.57. The molecule has 3 fully saturated rings. The van der Waals surface area contributed by atoms with E-state index in [0.717, 1.165) is 37.7 Å². The Hall–Kier alpha value is -3.50. The molecule has 0 radical (unpaired) electrons. The summed E-state index contributed by atoms with van der Waals surface area (Å²) in [6, 6.07) is 6.11. The average Bonchev–Trinajstić information content (AvgIpc) is 3.42. The fourth-order valence-corrected chi connectivity index (χ4v) is 4.49. The van der Waals surface area contributed by atoms with Crippen molar-refractivity contribution in [3.63, 3.8) is 0 Å². The molecule has 3 aliphatic rings. The zero-order valence-electron chi connectivity index (χ0n) is 18.3. The normalized spacial score (nSPS) is 20.5. The van der Waals surface area contributed by atoms with Gasteiger partial charge in [-0.15, -0.1) is 0 Å². The van der Waals surface area contributed by atoms with Gasteiger partial charge in [-0.25, -0.2) is 0 Å². The highest BCUT2D eigenvalue weighted by atomic mass is 35.5. The molecule has 1 aromatic carbocycles. The summed E-state index contributed by atoms with van der Waals surface area (Å²) in [4.78, 5) is 32.9. The van der Waals surface area contributed by atoms with Crippen molar-refractivity contribution in [3.8, 4) is 0 Å². The first-order chi connectivity index (χ1) is 16.4. The summed E-state index contributed by atoms with van der Waals surface area (Å²) < 4.78 is 1.60. The molecule has 6 rings (SSSR count). The second kappa shape index (κ2) is 7.78. The zero-order chi connectivity index (χ0) is 23.4. The zero-order valence-corrected chi connectivity index (χ0v) is 19.0. The van der Waals surface area contributed by atoms with E-state index in [4.69, 9.17) is 17.3 Å². The number of halogens is 1. The van der Waals surface area contributed by atoms with E-state index in [9.17, 15) is 9.59 Å². The SMILES string of the molecule is NC1(c2ccc(Nc3nc(NC4CC4)n4ncc(/C=C5\CC(=O)NC5=O)c4n3)c(Cl)c2)CCC1. The van der Waals surface area contributed by atoms with E-state index >= 15 is 0 Å². The number of rotatable bonds is 6. The number of hydrogen-bond donors (Lipinski definition) is 4. The second-order valence-electron chi connectivity index (χ2n) is 9.18. The van der Waals surface area contributed by atoms with Crippen molar-refractivity contribution < 1.29 is 9.59 Å². The fraction of sp³-hybridized carbons (Fsp3) is 0.348. The molecule has 3 heterocycles. The number of amides is 2. The van der Waals surface area contributed by atoms with Gasteiger partial charge in [0.1, 0.15) is 0 Å². The molecule has 10 nitrogen and oxygen atoms in total. The number of carbonyl (C=O) groups is 2. The monoisotopic (exact) mass is 478 g/mol. The van der Waals surface area contributed by atoms with Gasteiger partial charge in [-0.05, 0) is 55.9 Å². The van der Waals surface area contributed by atoms with Crippen molar-refractivity contribution in [2.75, 3.05) is 10.6 Å². The van der Waals surface area contributed by atoms with Gasteiger partial charge in [0.05, 0.1) is 23.3 Å². The Kier molecular flexibility index (Phi) is 4.82. The maximum Gasteiger partial charge on any atom is 0.254 e. The van der Waals surface area contributed by atoms with Crippen LogP contribution in [0.2, 0.25) is 5.02 Å². The minimum atomic E-state index is -0.399. The van der Waals surface area contributed by atoms with E-state index in [2.05, 4.69) is 31.0 Å².